The Kier molecular flexibility index (Phi) is 7.98. The fourth-order valence-corrected chi connectivity index (χ4v) is 4.20. The topological polar surface area (TPSA) is 99.4 Å². The first kappa shape index (κ1) is 24.2. The van der Waals surface area contributed by atoms with Crippen molar-refractivity contribution < 1.29 is 23.8 Å². The van der Waals surface area contributed by atoms with E-state index < -0.39 is 17.7 Å². The Bertz CT molecular complexity index is 1240. The zero-order valence-electron chi connectivity index (χ0n) is 16.8. The lowest BCUT2D eigenvalue weighted by Gasteiger charge is -2.12. The molecule has 0 saturated carbocycles. The van der Waals surface area contributed by atoms with Crippen LogP contribution in [-0.2, 0) is 11.4 Å². The molecule has 3 aromatic rings. The van der Waals surface area contributed by atoms with E-state index in [0.29, 0.717) is 25.9 Å². The Morgan fingerprint density at radius 3 is 2.21 bits per heavy atom. The van der Waals surface area contributed by atoms with Crippen LogP contribution in [0.1, 0.15) is 21.5 Å². The summed E-state index contributed by atoms with van der Waals surface area (Å²) >= 11 is 6.86. The first-order valence-corrected chi connectivity index (χ1v) is 11.0. The van der Waals surface area contributed by atoms with Crippen LogP contribution in [0.5, 0.6) is 5.75 Å². The van der Waals surface area contributed by atoms with Crippen molar-refractivity contribution in [3.63, 3.8) is 0 Å². The molecule has 1 amide bonds. The van der Waals surface area contributed by atoms with Crippen LogP contribution in [0, 0.1) is 17.1 Å². The van der Waals surface area contributed by atoms with E-state index in [9.17, 15) is 19.2 Å². The highest BCUT2D eigenvalue weighted by Gasteiger charge is 2.13. The van der Waals surface area contributed by atoms with Crippen LogP contribution in [0.2, 0.25) is 0 Å². The fraction of sp³-hybridized carbons (Fsp3) is 0.0417. The minimum atomic E-state index is -1.00. The molecule has 0 radical (unpaired) electrons. The molecular weight excluding hydrogens is 559 g/mol. The lowest BCUT2D eigenvalue weighted by atomic mass is 10.1. The van der Waals surface area contributed by atoms with E-state index in [0.717, 1.165) is 5.56 Å². The number of carbonyl (C=O) groups is 2. The number of nitrogens with zero attached hydrogens (tertiary/aromatic N) is 1. The van der Waals surface area contributed by atoms with Gasteiger partial charge in [-0.05, 0) is 97.6 Å². The van der Waals surface area contributed by atoms with E-state index in [4.69, 9.17) is 9.84 Å². The number of rotatable bonds is 7. The number of halogens is 3. The highest BCUT2D eigenvalue weighted by molar-refractivity contribution is 9.11. The molecule has 0 aliphatic carbocycles. The zero-order valence-corrected chi connectivity index (χ0v) is 20.0. The minimum Gasteiger partial charge on any atom is -0.487 e. The van der Waals surface area contributed by atoms with Gasteiger partial charge < -0.3 is 15.2 Å². The molecule has 2 N–H and O–H groups in total. The second-order valence-corrected chi connectivity index (χ2v) is 8.44. The van der Waals surface area contributed by atoms with Crippen LogP contribution >= 0.6 is 31.9 Å². The molecule has 0 aromatic heterocycles. The van der Waals surface area contributed by atoms with Gasteiger partial charge in [0.1, 0.15) is 29.8 Å². The molecule has 0 saturated heterocycles. The second kappa shape index (κ2) is 10.9. The predicted molar refractivity (Wildman–Crippen MR) is 128 cm³/mol. The molecule has 0 atom stereocenters. The molecule has 3 rings (SSSR count). The average molecular weight is 574 g/mol. The van der Waals surface area contributed by atoms with E-state index in [1.54, 1.807) is 24.3 Å². The molecule has 0 fully saturated rings. The summed E-state index contributed by atoms with van der Waals surface area (Å²) in [5.41, 5.74) is 1.77. The van der Waals surface area contributed by atoms with Gasteiger partial charge in [0.2, 0.25) is 0 Å². The van der Waals surface area contributed by atoms with Gasteiger partial charge in [-0.1, -0.05) is 12.1 Å². The van der Waals surface area contributed by atoms with Crippen molar-refractivity contribution in [3.05, 3.63) is 97.7 Å². The Morgan fingerprint density at radius 1 is 1.06 bits per heavy atom. The summed E-state index contributed by atoms with van der Waals surface area (Å²) in [7, 11) is 0. The maximum absolute atomic E-state index is 13.0. The summed E-state index contributed by atoms with van der Waals surface area (Å²) in [5.74, 6) is -1.55. The molecule has 0 aliphatic rings. The van der Waals surface area contributed by atoms with E-state index in [1.807, 2.05) is 6.07 Å². The minimum absolute atomic E-state index is 0.134. The Morgan fingerprint density at radius 2 is 1.67 bits per heavy atom. The molecule has 6 nitrogen and oxygen atoms in total. The first-order valence-electron chi connectivity index (χ1n) is 9.39. The third-order valence-corrected chi connectivity index (χ3v) is 5.56. The average Bonchev–Trinajstić information content (AvgIpc) is 2.78. The number of nitrogens with one attached hydrogen (secondary N) is 1. The summed E-state index contributed by atoms with van der Waals surface area (Å²) in [6.45, 7) is 0.204. The molecule has 0 unspecified atom stereocenters. The number of carboxylic acids is 1. The lowest BCUT2D eigenvalue weighted by molar-refractivity contribution is -0.112. The largest absolute Gasteiger partial charge is 0.487 e. The summed E-state index contributed by atoms with van der Waals surface area (Å²) < 4.78 is 20.0. The van der Waals surface area contributed by atoms with Crippen molar-refractivity contribution in [2.45, 2.75) is 6.61 Å². The maximum Gasteiger partial charge on any atom is 0.335 e. The number of hydrogen-bond acceptors (Lipinski definition) is 4. The molecular formula is C24H15Br2FN2O4. The molecule has 3 aromatic carbocycles. The number of amides is 1. The van der Waals surface area contributed by atoms with Crippen molar-refractivity contribution in [3.8, 4) is 11.8 Å². The Labute approximate surface area is 205 Å². The van der Waals surface area contributed by atoms with E-state index >= 15 is 0 Å². The summed E-state index contributed by atoms with van der Waals surface area (Å²) in [4.78, 5) is 23.4. The van der Waals surface area contributed by atoms with Gasteiger partial charge in [0.15, 0.2) is 0 Å². The number of hydrogen-bond donors (Lipinski definition) is 2. The number of carboxylic acid groups (broad SMARTS) is 1. The molecule has 0 heterocycles. The van der Waals surface area contributed by atoms with Crippen molar-refractivity contribution in [1.82, 2.24) is 0 Å². The monoisotopic (exact) mass is 572 g/mol. The number of aromatic carboxylic acids is 1. The predicted octanol–water partition coefficient (Wildman–Crippen LogP) is 6.17. The highest BCUT2D eigenvalue weighted by atomic mass is 79.9. The van der Waals surface area contributed by atoms with Crippen LogP contribution in [0.4, 0.5) is 10.1 Å². The molecule has 166 valence electrons. The van der Waals surface area contributed by atoms with Crippen LogP contribution in [0.15, 0.2) is 75.2 Å². The molecule has 9 heteroatoms. The molecule has 0 aliphatic heterocycles. The van der Waals surface area contributed by atoms with Crippen LogP contribution in [0.3, 0.4) is 0 Å². The third kappa shape index (κ3) is 6.51. The zero-order chi connectivity index (χ0) is 24.0. The number of nitriles is 1. The van der Waals surface area contributed by atoms with Crippen molar-refractivity contribution >= 4 is 55.5 Å². The van der Waals surface area contributed by atoms with Gasteiger partial charge in [0, 0.05) is 5.69 Å². The van der Waals surface area contributed by atoms with E-state index in [-0.39, 0.29) is 17.7 Å². The van der Waals surface area contributed by atoms with Crippen molar-refractivity contribution in [2.75, 3.05) is 5.32 Å². The molecule has 0 bridgehead atoms. The second-order valence-electron chi connectivity index (χ2n) is 6.74. The van der Waals surface area contributed by atoms with Gasteiger partial charge in [0.25, 0.3) is 5.91 Å². The summed E-state index contributed by atoms with van der Waals surface area (Å²) in [6, 6.07) is 16.8. The summed E-state index contributed by atoms with van der Waals surface area (Å²) in [5, 5.41) is 20.9. The third-order valence-electron chi connectivity index (χ3n) is 4.38. The van der Waals surface area contributed by atoms with Gasteiger partial charge in [-0.3, -0.25) is 4.79 Å². The van der Waals surface area contributed by atoms with Crippen LogP contribution in [-0.4, -0.2) is 17.0 Å². The maximum atomic E-state index is 13.0. The number of carbonyl (C=O) groups excluding carboxylic acids is 1. The van der Waals surface area contributed by atoms with Crippen LogP contribution in [0.25, 0.3) is 6.08 Å². The summed E-state index contributed by atoms with van der Waals surface area (Å²) in [6.07, 6.45) is 1.42. The Hall–Kier alpha value is -3.48. The van der Waals surface area contributed by atoms with Gasteiger partial charge in [0.05, 0.1) is 14.5 Å². The highest BCUT2D eigenvalue weighted by Crippen LogP contribution is 2.36. The fourth-order valence-electron chi connectivity index (χ4n) is 2.75. The number of benzene rings is 3. The van der Waals surface area contributed by atoms with Gasteiger partial charge in [-0.25, -0.2) is 9.18 Å². The van der Waals surface area contributed by atoms with Crippen molar-refractivity contribution in [2.24, 2.45) is 0 Å². The number of anilines is 1. The standard InChI is InChI=1S/C24H15Br2FN2O4/c25-20-10-15(9-17(12-28)23(30)29-19-7-5-18(27)6-8-19)11-21(26)22(20)33-13-14-1-3-16(4-2-14)24(31)32/h1-11H,13H2,(H,29,30)(H,31,32)/b17-9+. The van der Waals surface area contributed by atoms with E-state index in [1.165, 1.54) is 42.5 Å². The SMILES string of the molecule is N#C/C(=C\c1cc(Br)c(OCc2ccc(C(=O)O)cc2)c(Br)c1)C(=O)Nc1ccc(F)cc1. The molecule has 33 heavy (non-hydrogen) atoms. The lowest BCUT2D eigenvalue weighted by Crippen LogP contribution is -2.13. The number of ether oxygens (including phenoxy) is 1. The van der Waals surface area contributed by atoms with Gasteiger partial charge in [-0.15, -0.1) is 0 Å². The smallest absolute Gasteiger partial charge is 0.335 e. The van der Waals surface area contributed by atoms with Crippen molar-refractivity contribution in [1.29, 1.82) is 5.26 Å². The van der Waals surface area contributed by atoms with E-state index in [2.05, 4.69) is 37.2 Å². The normalized spacial score (nSPS) is 10.9. The van der Waals surface area contributed by atoms with Crippen LogP contribution < -0.4 is 10.1 Å². The van der Waals surface area contributed by atoms with Gasteiger partial charge >= 0.3 is 5.97 Å². The Balaban J connectivity index is 1.74. The first-order chi connectivity index (χ1) is 15.8. The van der Waals surface area contributed by atoms with Gasteiger partial charge in [-0.2, -0.15) is 5.26 Å². The molecule has 0 spiro atoms. The quantitative estimate of drug-likeness (QED) is 0.260.